The second-order valence-electron chi connectivity index (χ2n) is 2.01. The van der Waals surface area contributed by atoms with Crippen molar-refractivity contribution in [2.24, 2.45) is 0 Å². The molecule has 0 aliphatic rings. The first-order valence-corrected chi connectivity index (χ1v) is 3.52. The summed E-state index contributed by atoms with van der Waals surface area (Å²) in [4.78, 5) is 0. The van der Waals surface area contributed by atoms with Gasteiger partial charge in [0.2, 0.25) is 0 Å². The molecule has 0 radical (unpaired) electrons. The number of allylic oxidation sites excluding steroid dienone is 1. The molecule has 0 spiro atoms. The van der Waals surface area contributed by atoms with Crippen LogP contribution in [0, 0.1) is 11.3 Å². The highest BCUT2D eigenvalue weighted by atomic mass is 35.5. The smallest absolute Gasteiger partial charge is 0.0912 e. The lowest BCUT2D eigenvalue weighted by atomic mass is 10.2. The summed E-state index contributed by atoms with van der Waals surface area (Å²) in [6, 6.07) is 9.21. The van der Waals surface area contributed by atoms with E-state index in [1.807, 2.05) is 18.2 Å². The maximum absolute atomic E-state index is 8.22. The van der Waals surface area contributed by atoms with Gasteiger partial charge in [0.25, 0.3) is 0 Å². The molecule has 1 nitrogen and oxygen atoms in total. The van der Waals surface area contributed by atoms with Crippen LogP contribution >= 0.6 is 11.6 Å². The zero-order chi connectivity index (χ0) is 8.10. The third kappa shape index (κ3) is 2.45. The first-order chi connectivity index (χ1) is 5.33. The van der Waals surface area contributed by atoms with E-state index in [-0.39, 0.29) is 0 Å². The van der Waals surface area contributed by atoms with E-state index in [9.17, 15) is 0 Å². The average molecular weight is 164 g/mol. The van der Waals surface area contributed by atoms with Crippen LogP contribution in [0.1, 0.15) is 5.56 Å². The Labute approximate surface area is 70.5 Å². The number of rotatable bonds is 1. The van der Waals surface area contributed by atoms with Crippen molar-refractivity contribution in [2.75, 3.05) is 0 Å². The lowest BCUT2D eigenvalue weighted by Gasteiger charge is -1.90. The minimum absolute atomic E-state index is 0.708. The third-order valence-corrected chi connectivity index (χ3v) is 1.47. The highest BCUT2D eigenvalue weighted by Gasteiger charge is 1.85. The molecule has 1 aromatic carbocycles. The summed E-state index contributed by atoms with van der Waals surface area (Å²) in [6.45, 7) is 0. The maximum atomic E-state index is 8.22. The molecule has 0 saturated heterocycles. The second-order valence-corrected chi connectivity index (χ2v) is 2.45. The molecule has 2 heteroatoms. The zero-order valence-corrected chi connectivity index (χ0v) is 6.55. The molecule has 0 N–H and O–H groups in total. The normalized spacial score (nSPS) is 9.82. The molecule has 0 aliphatic heterocycles. The number of hydrogen-bond donors (Lipinski definition) is 0. The van der Waals surface area contributed by atoms with Gasteiger partial charge in [-0.3, -0.25) is 0 Å². The number of nitriles is 1. The van der Waals surface area contributed by atoms with Crippen molar-refractivity contribution < 1.29 is 0 Å². The molecule has 0 saturated carbocycles. The summed E-state index contributed by atoms with van der Waals surface area (Å²) >= 11 is 5.66. The molecule has 54 valence electrons. The summed E-state index contributed by atoms with van der Waals surface area (Å²) in [5.74, 6) is 0. The Bertz CT molecular complexity index is 292. The van der Waals surface area contributed by atoms with E-state index in [0.717, 1.165) is 5.56 Å². The molecule has 0 unspecified atom stereocenters. The maximum Gasteiger partial charge on any atom is 0.0912 e. The van der Waals surface area contributed by atoms with E-state index in [4.69, 9.17) is 16.9 Å². The predicted octanol–water partition coefficient (Wildman–Crippen LogP) is 2.88. The van der Waals surface area contributed by atoms with Crippen LogP contribution in [0.2, 0.25) is 5.02 Å². The summed E-state index contributed by atoms with van der Waals surface area (Å²) in [5, 5.41) is 8.93. The lowest BCUT2D eigenvalue weighted by molar-refractivity contribution is 1.54. The van der Waals surface area contributed by atoms with Gasteiger partial charge in [-0.25, -0.2) is 0 Å². The van der Waals surface area contributed by atoms with Gasteiger partial charge >= 0.3 is 0 Å². The van der Waals surface area contributed by atoms with Crippen LogP contribution in [-0.4, -0.2) is 0 Å². The van der Waals surface area contributed by atoms with Crippen LogP contribution in [0.3, 0.4) is 0 Å². The van der Waals surface area contributed by atoms with Crippen molar-refractivity contribution in [2.45, 2.75) is 0 Å². The number of halogens is 1. The van der Waals surface area contributed by atoms with Gasteiger partial charge in [0.1, 0.15) is 0 Å². The molecule has 0 aromatic heterocycles. The quantitative estimate of drug-likeness (QED) is 0.584. The zero-order valence-electron chi connectivity index (χ0n) is 5.79. The van der Waals surface area contributed by atoms with Gasteiger partial charge in [0, 0.05) is 11.1 Å². The summed E-state index contributed by atoms with van der Waals surface area (Å²) in [6.07, 6.45) is 3.17. The van der Waals surface area contributed by atoms with Crippen LogP contribution < -0.4 is 0 Å². The molecular weight excluding hydrogens is 158 g/mol. The Morgan fingerprint density at radius 1 is 1.27 bits per heavy atom. The fourth-order valence-electron chi connectivity index (χ4n) is 0.707. The first-order valence-electron chi connectivity index (χ1n) is 3.14. The molecular formula is C9H6ClN. The van der Waals surface area contributed by atoms with E-state index in [0.29, 0.717) is 5.02 Å². The largest absolute Gasteiger partial charge is 0.193 e. The van der Waals surface area contributed by atoms with Crippen molar-refractivity contribution in [3.05, 3.63) is 40.9 Å². The monoisotopic (exact) mass is 163 g/mol. The van der Waals surface area contributed by atoms with E-state index in [1.54, 1.807) is 18.2 Å². The number of benzene rings is 1. The van der Waals surface area contributed by atoms with Gasteiger partial charge in [0.05, 0.1) is 6.07 Å². The molecule has 11 heavy (non-hydrogen) atoms. The molecule has 1 rings (SSSR count). The molecule has 0 aliphatic carbocycles. The lowest BCUT2D eigenvalue weighted by Crippen LogP contribution is -1.68. The minimum atomic E-state index is 0.708. The van der Waals surface area contributed by atoms with Crippen LogP contribution in [0.25, 0.3) is 6.08 Å². The molecule has 1 aromatic rings. The van der Waals surface area contributed by atoms with E-state index >= 15 is 0 Å². The fourth-order valence-corrected chi connectivity index (χ4v) is 0.833. The van der Waals surface area contributed by atoms with Crippen LogP contribution in [-0.2, 0) is 0 Å². The minimum Gasteiger partial charge on any atom is -0.193 e. The van der Waals surface area contributed by atoms with Crippen LogP contribution in [0.5, 0.6) is 0 Å². The Hall–Kier alpha value is -1.26. The van der Waals surface area contributed by atoms with Crippen molar-refractivity contribution >= 4 is 17.7 Å². The SMILES string of the molecule is N#C/C=C/c1ccc(Cl)cc1. The molecule has 0 heterocycles. The highest BCUT2D eigenvalue weighted by Crippen LogP contribution is 2.10. The Morgan fingerprint density at radius 3 is 2.45 bits per heavy atom. The van der Waals surface area contributed by atoms with Crippen molar-refractivity contribution in [3.8, 4) is 6.07 Å². The Kier molecular flexibility index (Phi) is 2.71. The van der Waals surface area contributed by atoms with Gasteiger partial charge in [-0.15, -0.1) is 0 Å². The van der Waals surface area contributed by atoms with Gasteiger partial charge in [0.15, 0.2) is 0 Å². The van der Waals surface area contributed by atoms with E-state index < -0.39 is 0 Å². The molecule has 0 bridgehead atoms. The first kappa shape index (κ1) is 7.84. The Balaban J connectivity index is 2.84. The molecule has 0 amide bonds. The van der Waals surface area contributed by atoms with Gasteiger partial charge in [-0.05, 0) is 23.8 Å². The number of hydrogen-bond acceptors (Lipinski definition) is 1. The fraction of sp³-hybridized carbons (Fsp3) is 0. The Morgan fingerprint density at radius 2 is 1.91 bits per heavy atom. The molecule has 0 atom stereocenters. The summed E-state index contributed by atoms with van der Waals surface area (Å²) in [5.41, 5.74) is 0.982. The second kappa shape index (κ2) is 3.80. The van der Waals surface area contributed by atoms with Gasteiger partial charge in [-0.2, -0.15) is 5.26 Å². The van der Waals surface area contributed by atoms with Crippen LogP contribution in [0.15, 0.2) is 30.3 Å². The topological polar surface area (TPSA) is 23.8 Å². The van der Waals surface area contributed by atoms with E-state index in [1.165, 1.54) is 6.08 Å². The molecule has 0 fully saturated rings. The van der Waals surface area contributed by atoms with E-state index in [2.05, 4.69) is 0 Å². The summed E-state index contributed by atoms with van der Waals surface area (Å²) < 4.78 is 0. The summed E-state index contributed by atoms with van der Waals surface area (Å²) in [7, 11) is 0. The predicted molar refractivity (Wildman–Crippen MR) is 46.1 cm³/mol. The standard InChI is InChI=1S/C9H6ClN/c10-9-5-3-8(4-6-9)2-1-7-11/h1-6H/b2-1+. The highest BCUT2D eigenvalue weighted by molar-refractivity contribution is 6.30. The van der Waals surface area contributed by atoms with Crippen molar-refractivity contribution in [1.29, 1.82) is 5.26 Å². The van der Waals surface area contributed by atoms with Gasteiger partial charge in [-0.1, -0.05) is 23.7 Å². The van der Waals surface area contributed by atoms with Crippen molar-refractivity contribution in [3.63, 3.8) is 0 Å². The van der Waals surface area contributed by atoms with Crippen LogP contribution in [0.4, 0.5) is 0 Å². The average Bonchev–Trinajstić information content (AvgIpc) is 2.04. The third-order valence-electron chi connectivity index (χ3n) is 1.22. The van der Waals surface area contributed by atoms with Crippen molar-refractivity contribution in [1.82, 2.24) is 0 Å². The number of nitrogens with zero attached hydrogens (tertiary/aromatic N) is 1. The van der Waals surface area contributed by atoms with Gasteiger partial charge < -0.3 is 0 Å².